The fraction of sp³-hybridized carbons (Fsp3) is 1.00. The van der Waals surface area contributed by atoms with Crippen molar-refractivity contribution >= 4 is 0 Å². The number of aliphatic hydroxyl groups excluding tert-OH is 24. The van der Waals surface area contributed by atoms with Crippen molar-refractivity contribution in [3.63, 3.8) is 0 Å². The van der Waals surface area contributed by atoms with Gasteiger partial charge in [0.05, 0.1) is 58.5 Å². The molecule has 30 fully saturated rings. The van der Waals surface area contributed by atoms with Gasteiger partial charge in [0, 0.05) is 12.5 Å². The lowest BCUT2D eigenvalue weighted by Gasteiger charge is -2.50. The van der Waals surface area contributed by atoms with E-state index >= 15 is 0 Å². The lowest BCUT2D eigenvalue weighted by atomic mass is 9.80. The van der Waals surface area contributed by atoms with Gasteiger partial charge in [-0.1, -0.05) is 0 Å². The lowest BCUT2D eigenvalue weighted by Crippen LogP contribution is -2.69. The molecule has 88 heavy (non-hydrogen) atoms. The summed E-state index contributed by atoms with van der Waals surface area (Å²) in [5.41, 5.74) is 0. The van der Waals surface area contributed by atoms with Gasteiger partial charge < -0.3 is 194 Å². The third-order valence-corrected chi connectivity index (χ3v) is 17.4. The molecule has 512 valence electrons. The highest BCUT2D eigenvalue weighted by Gasteiger charge is 2.60. The van der Waals surface area contributed by atoms with Crippen LogP contribution in [0, 0.1) is 5.92 Å². The maximum absolute atomic E-state index is 11.5. The van der Waals surface area contributed by atoms with Crippen molar-refractivity contribution in [3.05, 3.63) is 0 Å². The predicted octanol–water partition coefficient (Wildman–Crippen LogP) is -16.7. The highest BCUT2D eigenvalue weighted by molar-refractivity contribution is 5.03. The summed E-state index contributed by atoms with van der Waals surface area (Å²) in [5.74, 6) is -1.27. The maximum atomic E-state index is 11.5. The van der Waals surface area contributed by atoms with E-state index in [1.807, 2.05) is 0 Å². The van der Waals surface area contributed by atoms with E-state index in [1.54, 1.807) is 0 Å². The largest absolute Gasteiger partial charge is 0.396 e. The van der Waals surface area contributed by atoms with E-state index in [2.05, 4.69) is 0 Å². The van der Waals surface area contributed by atoms with Crippen molar-refractivity contribution in [1.82, 2.24) is 0 Å². The molecule has 0 amide bonds. The van der Waals surface area contributed by atoms with Crippen LogP contribution in [0.2, 0.25) is 0 Å². The molecule has 30 aliphatic rings. The van der Waals surface area contributed by atoms with Gasteiger partial charge in [0.25, 0.3) is 0 Å². The SMILES string of the molecule is OCC1C[C@H]2O[C@H]3C(CO)O[C@@H](O[C@H]4OC(CO)[C@@H](O[C@H]5OC(CO)[C@@H](O[C@H]6OC(CO)[C@@H](O[C@H]7OC(CO)[C@@H](O[C@H]8C(CO)O[C@@H](O[C@H]9C(CO)O[C@@H](O[C@@H]1C(O)[C@H]2O)[C@H](O)C9O)[C@H](O)C8O)[C@H](O)C7O)[C@H](O)C6O)[C@H](O)C5O)[C@H](O)C4O)[C@H](O)C3O. The first-order valence-corrected chi connectivity index (χ1v) is 28.5. The Balaban J connectivity index is 0.976. The Morgan fingerprint density at radius 1 is 0.182 bits per heavy atom. The van der Waals surface area contributed by atoms with Gasteiger partial charge >= 0.3 is 0 Å². The molecule has 29 saturated heterocycles. The summed E-state index contributed by atoms with van der Waals surface area (Å²) in [5, 5.41) is 266. The fourth-order valence-corrected chi connectivity index (χ4v) is 12.4. The van der Waals surface area contributed by atoms with Gasteiger partial charge in [0.2, 0.25) is 0 Å². The van der Waals surface area contributed by atoms with E-state index in [0.29, 0.717) is 0 Å². The zero-order chi connectivity index (χ0) is 64.1. The molecule has 0 spiro atoms. The first-order chi connectivity index (χ1) is 41.9. The number of hydrogen-bond acceptors (Lipinski definition) is 39. The van der Waals surface area contributed by atoms with Crippen LogP contribution >= 0.6 is 0 Å². The molecule has 29 heterocycles. The summed E-state index contributed by atoms with van der Waals surface area (Å²) >= 11 is 0. The van der Waals surface area contributed by atoms with E-state index in [-0.39, 0.29) is 0 Å². The van der Waals surface area contributed by atoms with Crippen LogP contribution in [0.5, 0.6) is 0 Å². The van der Waals surface area contributed by atoms with Crippen LogP contribution < -0.4 is 0 Å². The van der Waals surface area contributed by atoms with E-state index in [9.17, 15) is 123 Å². The van der Waals surface area contributed by atoms with Crippen LogP contribution in [0.4, 0.5) is 0 Å². The van der Waals surface area contributed by atoms with Gasteiger partial charge in [-0.15, -0.1) is 0 Å². The van der Waals surface area contributed by atoms with E-state index < -0.39 is 305 Å². The molecule has 0 aromatic carbocycles. The first-order valence-electron chi connectivity index (χ1n) is 28.5. The van der Waals surface area contributed by atoms with Gasteiger partial charge in [0.15, 0.2) is 44.0 Å². The van der Waals surface area contributed by atoms with Crippen LogP contribution in [0.1, 0.15) is 6.42 Å². The number of ether oxygens (including phenoxy) is 15. The summed E-state index contributed by atoms with van der Waals surface area (Å²) in [6, 6.07) is 0. The summed E-state index contributed by atoms with van der Waals surface area (Å²) in [4.78, 5) is 0. The molecule has 16 bridgehead atoms. The topological polar surface area (TPSA) is 624 Å². The van der Waals surface area contributed by atoms with E-state index in [4.69, 9.17) is 71.1 Å². The Hall–Kier alpha value is -1.56. The molecule has 24 N–H and O–H groups in total. The minimum atomic E-state index is -2.24. The Bertz CT molecular complexity index is 1990. The molecule has 16 unspecified atom stereocenters. The Morgan fingerprint density at radius 3 is 0.602 bits per heavy atom. The molecule has 39 nitrogen and oxygen atoms in total. The quantitative estimate of drug-likeness (QED) is 0.107. The van der Waals surface area contributed by atoms with Gasteiger partial charge in [-0.05, 0) is 6.42 Å². The van der Waals surface area contributed by atoms with Crippen molar-refractivity contribution in [1.29, 1.82) is 0 Å². The van der Waals surface area contributed by atoms with Gasteiger partial charge in [-0.3, -0.25) is 0 Å². The van der Waals surface area contributed by atoms with Gasteiger partial charge in [-0.2, -0.15) is 0 Å². The zero-order valence-electron chi connectivity index (χ0n) is 46.3. The molecule has 0 aromatic rings. The molecule has 0 aromatic heterocycles. The smallest absolute Gasteiger partial charge is 0.189 e. The minimum absolute atomic E-state index is 0.463. The molecular formula is C49H82O39. The zero-order valence-corrected chi connectivity index (χ0v) is 46.3. The number of rotatable bonds is 8. The molecular weight excluding hydrogens is 1210 g/mol. The Morgan fingerprint density at radius 2 is 0.375 bits per heavy atom. The van der Waals surface area contributed by atoms with E-state index in [1.165, 1.54) is 0 Å². The number of aliphatic hydroxyl groups is 24. The van der Waals surface area contributed by atoms with Crippen LogP contribution in [0.3, 0.4) is 0 Å². The molecule has 39 heteroatoms. The highest BCUT2D eigenvalue weighted by Crippen LogP contribution is 2.40. The average molecular weight is 1300 g/mol. The van der Waals surface area contributed by atoms with Gasteiger partial charge in [-0.25, -0.2) is 0 Å². The first kappa shape index (κ1) is 70.7. The predicted molar refractivity (Wildman–Crippen MR) is 264 cm³/mol. The Kier molecular flexibility index (Phi) is 24.1. The molecule has 1 aliphatic carbocycles. The molecule has 1 saturated carbocycles. The maximum Gasteiger partial charge on any atom is 0.189 e. The summed E-state index contributed by atoms with van der Waals surface area (Å²) < 4.78 is 86.0. The van der Waals surface area contributed by atoms with Crippen molar-refractivity contribution < 1.29 is 194 Å². The minimum Gasteiger partial charge on any atom is -0.396 e. The third kappa shape index (κ3) is 13.8. The van der Waals surface area contributed by atoms with Crippen molar-refractivity contribution in [2.45, 2.75) is 246 Å². The normalized spacial score (nSPS) is 55.4. The second kappa shape index (κ2) is 30.0. The molecule has 40 atom stereocenters. The second-order valence-electron chi connectivity index (χ2n) is 23.0. The standard InChI is InChI=1S/C49H82O39/c50-2-10-1-11-19(58)20(59)35(10)83-43-30(69)24(63)39(15(6-54)77-43)84-44-28(67)22(61)37(13(4-52)75-44)82-38-14(5-53)76-45(29(68)23(38)62)85-40-16(7-55)78-46(31(70)25(40)64)86-41-17(8-56)79-47(32(71)26(41)65)87-42-18(9-57)81-49(34(73)27(42)66)88-48-33(72)21(60)36(74-11)12(3-51)80-48/h10-73H,1-9H2/t10?,11-,12?,13?,14?,15?,16?,17?,18?,19+,20?,21?,22?,23-,24?,25-,26-,27-,28-,29?,30-,31?,32?,33-,34?,35+,36+,37+,38-,39+,40-,41-,42-,43+,44+,45-,46-,47-,48+,49-/m1/s1. The lowest BCUT2D eigenvalue weighted by molar-refractivity contribution is -0.402. The third-order valence-electron chi connectivity index (χ3n) is 17.4. The fourth-order valence-electron chi connectivity index (χ4n) is 12.4. The molecule has 29 aliphatic heterocycles. The van der Waals surface area contributed by atoms with Crippen molar-refractivity contribution in [2.75, 3.05) is 52.9 Å². The van der Waals surface area contributed by atoms with E-state index in [0.717, 1.165) is 0 Å². The van der Waals surface area contributed by atoms with Crippen LogP contribution in [0.25, 0.3) is 0 Å². The van der Waals surface area contributed by atoms with Crippen molar-refractivity contribution in [2.24, 2.45) is 5.92 Å². The summed E-state index contributed by atoms with van der Waals surface area (Å²) in [6.45, 7) is -8.29. The second-order valence-corrected chi connectivity index (χ2v) is 23.0. The number of hydrogen-bond donors (Lipinski definition) is 24. The van der Waals surface area contributed by atoms with Crippen LogP contribution in [-0.2, 0) is 71.1 Å². The average Bonchev–Trinajstić information content (AvgIpc) is 2.00. The molecule has 0 radical (unpaired) electrons. The van der Waals surface area contributed by atoms with Crippen molar-refractivity contribution in [3.8, 4) is 0 Å². The summed E-state index contributed by atoms with van der Waals surface area (Å²) in [6.07, 6.45) is -78.7. The monoisotopic (exact) mass is 1290 g/mol. The van der Waals surface area contributed by atoms with Gasteiger partial charge in [0.1, 0.15) is 183 Å². The Labute approximate surface area is 497 Å². The summed E-state index contributed by atoms with van der Waals surface area (Å²) in [7, 11) is 0. The van der Waals surface area contributed by atoms with Crippen LogP contribution in [0.15, 0.2) is 0 Å². The van der Waals surface area contributed by atoms with Crippen LogP contribution in [-0.4, -0.2) is 415 Å². The molecule has 30 rings (SSSR count). The highest BCUT2D eigenvalue weighted by atomic mass is 16.8.